The van der Waals surface area contributed by atoms with Crippen molar-refractivity contribution in [3.05, 3.63) is 59.2 Å². The van der Waals surface area contributed by atoms with Crippen molar-refractivity contribution in [1.29, 1.82) is 5.26 Å². The molecule has 0 saturated heterocycles. The molecule has 0 atom stereocenters. The van der Waals surface area contributed by atoms with E-state index in [0.717, 1.165) is 11.1 Å². The molecular formula is C17H17NO3S. The van der Waals surface area contributed by atoms with Crippen LogP contribution in [0.2, 0.25) is 0 Å². The van der Waals surface area contributed by atoms with Crippen molar-refractivity contribution >= 4 is 10.1 Å². The molecule has 2 rings (SSSR count). The van der Waals surface area contributed by atoms with Gasteiger partial charge >= 0.3 is 10.1 Å². The second kappa shape index (κ2) is 6.20. The van der Waals surface area contributed by atoms with Gasteiger partial charge in [-0.1, -0.05) is 32.0 Å². The Morgan fingerprint density at radius 2 is 1.82 bits per heavy atom. The number of aryl methyl sites for hydroxylation is 1. The summed E-state index contributed by atoms with van der Waals surface area (Å²) >= 11 is 0. The summed E-state index contributed by atoms with van der Waals surface area (Å²) < 4.78 is 29.8. The number of hydrogen-bond donors (Lipinski definition) is 0. The minimum Gasteiger partial charge on any atom is -0.379 e. The van der Waals surface area contributed by atoms with Crippen LogP contribution in [0.3, 0.4) is 0 Å². The molecule has 0 aliphatic heterocycles. The van der Waals surface area contributed by atoms with Crippen LogP contribution in [0.4, 0.5) is 0 Å². The van der Waals surface area contributed by atoms with E-state index in [1.54, 1.807) is 24.3 Å². The van der Waals surface area contributed by atoms with Crippen molar-refractivity contribution in [3.8, 4) is 11.8 Å². The molecule has 0 heterocycles. The van der Waals surface area contributed by atoms with Crippen LogP contribution in [0.15, 0.2) is 47.4 Å². The molecule has 0 aliphatic rings. The van der Waals surface area contributed by atoms with Gasteiger partial charge in [0.1, 0.15) is 16.7 Å². The van der Waals surface area contributed by atoms with Crippen molar-refractivity contribution in [2.24, 2.45) is 0 Å². The average molecular weight is 315 g/mol. The van der Waals surface area contributed by atoms with Crippen molar-refractivity contribution in [3.63, 3.8) is 0 Å². The predicted molar refractivity (Wildman–Crippen MR) is 84.2 cm³/mol. The smallest absolute Gasteiger partial charge is 0.340 e. The monoisotopic (exact) mass is 315 g/mol. The summed E-state index contributed by atoms with van der Waals surface area (Å²) in [4.78, 5) is -0.122. The maximum absolute atomic E-state index is 12.3. The van der Waals surface area contributed by atoms with Crippen LogP contribution in [-0.4, -0.2) is 8.42 Å². The molecule has 2 aromatic carbocycles. The molecule has 0 unspecified atom stereocenters. The van der Waals surface area contributed by atoms with Crippen molar-refractivity contribution < 1.29 is 12.6 Å². The van der Waals surface area contributed by atoms with Crippen molar-refractivity contribution in [2.75, 3.05) is 0 Å². The molecule has 0 saturated carbocycles. The Morgan fingerprint density at radius 1 is 1.14 bits per heavy atom. The van der Waals surface area contributed by atoms with Gasteiger partial charge in [0.2, 0.25) is 0 Å². The topological polar surface area (TPSA) is 67.2 Å². The minimum atomic E-state index is -4.03. The Kier molecular flexibility index (Phi) is 4.53. The van der Waals surface area contributed by atoms with E-state index in [1.807, 2.05) is 19.1 Å². The van der Waals surface area contributed by atoms with Crippen LogP contribution in [-0.2, 0) is 10.1 Å². The van der Waals surface area contributed by atoms with Gasteiger partial charge in [0.05, 0.1) is 5.56 Å². The highest BCUT2D eigenvalue weighted by atomic mass is 32.2. The molecule has 2 aromatic rings. The molecule has 0 aliphatic carbocycles. The van der Waals surface area contributed by atoms with E-state index < -0.39 is 10.1 Å². The first kappa shape index (κ1) is 16.1. The standard InChI is InChI=1S/C17H17NO3S/c1-12(2)16-9-8-15(10-13(16)3)21-22(19,20)17-7-5-4-6-14(17)11-18/h4-10,12H,1-3H3. The van der Waals surface area contributed by atoms with Crippen LogP contribution < -0.4 is 4.18 Å². The Labute approximate surface area is 131 Å². The Hall–Kier alpha value is -2.32. The zero-order valence-electron chi connectivity index (χ0n) is 12.7. The number of benzene rings is 2. The molecule has 4 nitrogen and oxygen atoms in total. The lowest BCUT2D eigenvalue weighted by atomic mass is 9.98. The molecule has 0 radical (unpaired) electrons. The van der Waals surface area contributed by atoms with Gasteiger partial charge in [-0.2, -0.15) is 13.7 Å². The lowest BCUT2D eigenvalue weighted by molar-refractivity contribution is 0.485. The summed E-state index contributed by atoms with van der Waals surface area (Å²) in [5.41, 5.74) is 2.18. The lowest BCUT2D eigenvalue weighted by Gasteiger charge is -2.12. The SMILES string of the molecule is Cc1cc(OS(=O)(=O)c2ccccc2C#N)ccc1C(C)C. The van der Waals surface area contributed by atoms with Gasteiger partial charge in [-0.25, -0.2) is 0 Å². The third kappa shape index (κ3) is 3.29. The van der Waals surface area contributed by atoms with Crippen molar-refractivity contribution in [2.45, 2.75) is 31.6 Å². The number of rotatable bonds is 4. The van der Waals surface area contributed by atoms with Crippen LogP contribution >= 0.6 is 0 Å². The molecular weight excluding hydrogens is 298 g/mol. The van der Waals surface area contributed by atoms with Crippen LogP contribution in [0.5, 0.6) is 5.75 Å². The molecule has 0 fully saturated rings. The summed E-state index contributed by atoms with van der Waals surface area (Å²) in [6.07, 6.45) is 0. The zero-order valence-corrected chi connectivity index (χ0v) is 13.5. The van der Waals surface area contributed by atoms with Gasteiger partial charge < -0.3 is 4.18 Å². The Morgan fingerprint density at radius 3 is 2.41 bits per heavy atom. The second-order valence-electron chi connectivity index (χ2n) is 5.32. The van der Waals surface area contributed by atoms with Crippen LogP contribution in [0, 0.1) is 18.3 Å². The highest BCUT2D eigenvalue weighted by molar-refractivity contribution is 7.87. The first-order valence-corrected chi connectivity index (χ1v) is 8.30. The van der Waals surface area contributed by atoms with E-state index >= 15 is 0 Å². The summed E-state index contributed by atoms with van der Waals surface area (Å²) in [5, 5.41) is 9.02. The summed E-state index contributed by atoms with van der Waals surface area (Å²) in [7, 11) is -4.03. The highest BCUT2D eigenvalue weighted by Crippen LogP contribution is 2.26. The van der Waals surface area contributed by atoms with E-state index in [1.165, 1.54) is 12.1 Å². The van der Waals surface area contributed by atoms with E-state index in [0.29, 0.717) is 5.92 Å². The molecule has 22 heavy (non-hydrogen) atoms. The molecule has 0 spiro atoms. The van der Waals surface area contributed by atoms with E-state index in [2.05, 4.69) is 13.8 Å². The van der Waals surface area contributed by atoms with Gasteiger partial charge in [0.25, 0.3) is 0 Å². The van der Waals surface area contributed by atoms with Gasteiger partial charge in [-0.05, 0) is 48.2 Å². The van der Waals surface area contributed by atoms with E-state index in [9.17, 15) is 8.42 Å². The van der Waals surface area contributed by atoms with Crippen LogP contribution in [0.25, 0.3) is 0 Å². The predicted octanol–water partition coefficient (Wildman–Crippen LogP) is 3.76. The molecule has 0 aromatic heterocycles. The highest BCUT2D eigenvalue weighted by Gasteiger charge is 2.21. The quantitative estimate of drug-likeness (QED) is 0.806. The first-order chi connectivity index (χ1) is 10.3. The summed E-state index contributed by atoms with van der Waals surface area (Å²) in [5.74, 6) is 0.597. The molecule has 0 N–H and O–H groups in total. The Balaban J connectivity index is 2.38. The maximum atomic E-state index is 12.3. The normalized spacial score (nSPS) is 11.2. The maximum Gasteiger partial charge on any atom is 0.340 e. The third-order valence-corrected chi connectivity index (χ3v) is 4.65. The lowest BCUT2D eigenvalue weighted by Crippen LogP contribution is -2.11. The molecule has 114 valence electrons. The third-order valence-electron chi connectivity index (χ3n) is 3.35. The fourth-order valence-electron chi connectivity index (χ4n) is 2.30. The fourth-order valence-corrected chi connectivity index (χ4v) is 3.37. The largest absolute Gasteiger partial charge is 0.379 e. The van der Waals surface area contributed by atoms with E-state index in [4.69, 9.17) is 9.44 Å². The zero-order chi connectivity index (χ0) is 16.3. The van der Waals surface area contributed by atoms with Gasteiger partial charge in [0, 0.05) is 0 Å². The minimum absolute atomic E-state index is 0.0676. The number of nitrogens with zero attached hydrogens (tertiary/aromatic N) is 1. The van der Waals surface area contributed by atoms with Gasteiger partial charge in [0.15, 0.2) is 0 Å². The average Bonchev–Trinajstić information content (AvgIpc) is 2.46. The summed E-state index contributed by atoms with van der Waals surface area (Å²) in [6.45, 7) is 6.06. The second-order valence-corrected chi connectivity index (χ2v) is 6.83. The number of hydrogen-bond acceptors (Lipinski definition) is 4. The van der Waals surface area contributed by atoms with Gasteiger partial charge in [-0.3, -0.25) is 0 Å². The molecule has 0 amide bonds. The van der Waals surface area contributed by atoms with Crippen LogP contribution in [0.1, 0.15) is 36.5 Å². The Bertz CT molecular complexity index is 833. The number of nitriles is 1. The van der Waals surface area contributed by atoms with Crippen molar-refractivity contribution in [1.82, 2.24) is 0 Å². The summed E-state index contributed by atoms with van der Waals surface area (Å²) in [6, 6.07) is 13.0. The first-order valence-electron chi connectivity index (χ1n) is 6.89. The van der Waals surface area contributed by atoms with Gasteiger partial charge in [-0.15, -0.1) is 0 Å². The van der Waals surface area contributed by atoms with E-state index in [-0.39, 0.29) is 16.2 Å². The molecule has 0 bridgehead atoms. The fraction of sp³-hybridized carbons (Fsp3) is 0.235. The molecule has 5 heteroatoms.